The molecule has 2 N–H and O–H groups in total. The van der Waals surface area contributed by atoms with Crippen LogP contribution in [0.3, 0.4) is 0 Å². The lowest BCUT2D eigenvalue weighted by Gasteiger charge is -2.28. The molecule has 0 aliphatic carbocycles. The summed E-state index contributed by atoms with van der Waals surface area (Å²) >= 11 is 0. The molecule has 0 fully saturated rings. The molecule has 0 atom stereocenters. The summed E-state index contributed by atoms with van der Waals surface area (Å²) < 4.78 is 5.25. The summed E-state index contributed by atoms with van der Waals surface area (Å²) in [5.74, 6) is -1.45. The first kappa shape index (κ1) is 19.8. The highest BCUT2D eigenvalue weighted by molar-refractivity contribution is 6.03. The van der Waals surface area contributed by atoms with Crippen molar-refractivity contribution >= 4 is 29.1 Å². The first-order valence-corrected chi connectivity index (χ1v) is 8.64. The lowest BCUT2D eigenvalue weighted by atomic mass is 10.1. The topological polar surface area (TPSA) is 131 Å². The first-order valence-electron chi connectivity index (χ1n) is 8.64. The van der Waals surface area contributed by atoms with E-state index >= 15 is 0 Å². The summed E-state index contributed by atoms with van der Waals surface area (Å²) in [6.07, 6.45) is 0. The van der Waals surface area contributed by atoms with Crippen molar-refractivity contribution in [1.29, 1.82) is 0 Å². The lowest BCUT2D eigenvalue weighted by molar-refractivity contribution is -0.384. The van der Waals surface area contributed by atoms with Crippen molar-refractivity contribution in [2.24, 2.45) is 0 Å². The standard InChI is InChI=1S/C19H18N4O6/c1-11-3-5-14(12(2)7-11)19(26)21-20-17(24)9-22-15-8-13(23(27)28)4-6-16(15)29-10-18(22)25/h3-8H,9-10H2,1-2H3,(H,20,24)(H,21,26). The number of rotatable bonds is 4. The molecule has 2 aromatic rings. The molecule has 0 bridgehead atoms. The second-order valence-electron chi connectivity index (χ2n) is 6.50. The number of nitrogens with one attached hydrogen (secondary N) is 2. The number of nitro benzene ring substituents is 1. The molecular weight excluding hydrogens is 380 g/mol. The van der Waals surface area contributed by atoms with Gasteiger partial charge in [0.05, 0.1) is 10.6 Å². The average molecular weight is 398 g/mol. The Hall–Kier alpha value is -3.95. The van der Waals surface area contributed by atoms with E-state index in [2.05, 4.69) is 10.9 Å². The Morgan fingerprint density at radius 1 is 1.17 bits per heavy atom. The van der Waals surface area contributed by atoms with Gasteiger partial charge in [-0.05, 0) is 31.5 Å². The van der Waals surface area contributed by atoms with Crippen molar-refractivity contribution in [3.05, 3.63) is 63.2 Å². The molecular formula is C19H18N4O6. The van der Waals surface area contributed by atoms with Gasteiger partial charge in [0.2, 0.25) is 0 Å². The predicted octanol–water partition coefficient (Wildman–Crippen LogP) is 1.40. The van der Waals surface area contributed by atoms with Gasteiger partial charge in [-0.1, -0.05) is 17.7 Å². The third kappa shape index (κ3) is 4.32. The number of carbonyl (C=O) groups is 3. The maximum absolute atomic E-state index is 12.3. The van der Waals surface area contributed by atoms with Crippen LogP contribution in [0.4, 0.5) is 11.4 Å². The molecule has 150 valence electrons. The molecule has 0 radical (unpaired) electrons. The Morgan fingerprint density at radius 3 is 2.62 bits per heavy atom. The van der Waals surface area contributed by atoms with Gasteiger partial charge < -0.3 is 4.74 Å². The number of hydrazine groups is 1. The lowest BCUT2D eigenvalue weighted by Crippen LogP contribution is -2.49. The minimum absolute atomic E-state index is 0.117. The van der Waals surface area contributed by atoms with Crippen molar-refractivity contribution in [3.63, 3.8) is 0 Å². The van der Waals surface area contributed by atoms with E-state index in [4.69, 9.17) is 4.74 Å². The smallest absolute Gasteiger partial charge is 0.271 e. The number of carbonyl (C=O) groups excluding carboxylic acids is 3. The van der Waals surface area contributed by atoms with Crippen LogP contribution >= 0.6 is 0 Å². The Kier molecular flexibility index (Phi) is 5.44. The van der Waals surface area contributed by atoms with Gasteiger partial charge in [0.1, 0.15) is 12.3 Å². The minimum atomic E-state index is -0.671. The molecule has 10 heteroatoms. The van der Waals surface area contributed by atoms with E-state index < -0.39 is 29.2 Å². The van der Waals surface area contributed by atoms with E-state index in [0.717, 1.165) is 22.1 Å². The SMILES string of the molecule is Cc1ccc(C(=O)NNC(=O)CN2C(=O)COc3ccc([N+](=O)[O-])cc32)c(C)c1. The highest BCUT2D eigenvalue weighted by Crippen LogP contribution is 2.35. The van der Waals surface area contributed by atoms with Crippen molar-refractivity contribution in [2.45, 2.75) is 13.8 Å². The quantitative estimate of drug-likeness (QED) is 0.591. The van der Waals surface area contributed by atoms with E-state index in [1.54, 1.807) is 19.1 Å². The number of aryl methyl sites for hydroxylation is 2. The van der Waals surface area contributed by atoms with Crippen LogP contribution in [-0.4, -0.2) is 35.8 Å². The van der Waals surface area contributed by atoms with Gasteiger partial charge >= 0.3 is 0 Å². The number of anilines is 1. The Bertz CT molecular complexity index is 1020. The molecule has 29 heavy (non-hydrogen) atoms. The van der Waals surface area contributed by atoms with Gasteiger partial charge in [0, 0.05) is 17.7 Å². The van der Waals surface area contributed by atoms with E-state index in [1.807, 2.05) is 13.0 Å². The number of non-ortho nitro benzene ring substituents is 1. The summed E-state index contributed by atoms with van der Waals surface area (Å²) in [6, 6.07) is 9.04. The molecule has 2 aromatic carbocycles. The Morgan fingerprint density at radius 2 is 1.93 bits per heavy atom. The van der Waals surface area contributed by atoms with Gasteiger partial charge in [-0.25, -0.2) is 0 Å². The highest BCUT2D eigenvalue weighted by atomic mass is 16.6. The van der Waals surface area contributed by atoms with Gasteiger partial charge in [-0.15, -0.1) is 0 Å². The molecule has 3 amide bonds. The summed E-state index contributed by atoms with van der Waals surface area (Å²) in [6.45, 7) is 2.94. The Balaban J connectivity index is 1.69. The maximum atomic E-state index is 12.3. The Labute approximate surface area is 165 Å². The van der Waals surface area contributed by atoms with E-state index in [-0.39, 0.29) is 23.7 Å². The first-order chi connectivity index (χ1) is 13.8. The van der Waals surface area contributed by atoms with Crippen LogP contribution in [0, 0.1) is 24.0 Å². The number of ether oxygens (including phenoxy) is 1. The molecule has 1 heterocycles. The number of nitro groups is 1. The second-order valence-corrected chi connectivity index (χ2v) is 6.50. The van der Waals surface area contributed by atoms with Crippen LogP contribution in [0.1, 0.15) is 21.5 Å². The molecule has 10 nitrogen and oxygen atoms in total. The van der Waals surface area contributed by atoms with Crippen LogP contribution in [0.25, 0.3) is 0 Å². The molecule has 0 saturated heterocycles. The van der Waals surface area contributed by atoms with Gasteiger partial charge in [0.25, 0.3) is 23.4 Å². The summed E-state index contributed by atoms with van der Waals surface area (Å²) in [5, 5.41) is 11.0. The van der Waals surface area contributed by atoms with E-state index in [1.165, 1.54) is 12.1 Å². The van der Waals surface area contributed by atoms with Crippen LogP contribution in [-0.2, 0) is 9.59 Å². The van der Waals surface area contributed by atoms with Gasteiger partial charge in [0.15, 0.2) is 6.61 Å². The van der Waals surface area contributed by atoms with Crippen LogP contribution in [0.5, 0.6) is 5.75 Å². The zero-order valence-electron chi connectivity index (χ0n) is 15.7. The van der Waals surface area contributed by atoms with Crippen molar-refractivity contribution in [2.75, 3.05) is 18.1 Å². The number of nitrogens with zero attached hydrogens (tertiary/aromatic N) is 2. The highest BCUT2D eigenvalue weighted by Gasteiger charge is 2.29. The van der Waals surface area contributed by atoms with Crippen molar-refractivity contribution in [1.82, 2.24) is 10.9 Å². The fourth-order valence-corrected chi connectivity index (χ4v) is 2.92. The summed E-state index contributed by atoms with van der Waals surface area (Å²) in [7, 11) is 0. The largest absolute Gasteiger partial charge is 0.482 e. The molecule has 0 aromatic heterocycles. The zero-order chi connectivity index (χ0) is 21.1. The normalized spacial score (nSPS) is 12.6. The second kappa shape index (κ2) is 7.97. The predicted molar refractivity (Wildman–Crippen MR) is 102 cm³/mol. The molecule has 1 aliphatic heterocycles. The minimum Gasteiger partial charge on any atom is -0.482 e. The van der Waals surface area contributed by atoms with Crippen molar-refractivity contribution < 1.29 is 24.0 Å². The summed E-state index contributed by atoms with van der Waals surface area (Å²) in [4.78, 5) is 48.2. The van der Waals surface area contributed by atoms with Gasteiger partial charge in [-0.3, -0.25) is 40.2 Å². The molecule has 1 aliphatic rings. The fraction of sp³-hybridized carbons (Fsp3) is 0.211. The number of hydrogen-bond donors (Lipinski definition) is 2. The average Bonchev–Trinajstić information content (AvgIpc) is 2.68. The monoisotopic (exact) mass is 398 g/mol. The number of benzene rings is 2. The molecule has 0 unspecified atom stereocenters. The summed E-state index contributed by atoms with van der Waals surface area (Å²) in [5.41, 5.74) is 6.58. The van der Waals surface area contributed by atoms with Crippen LogP contribution in [0.2, 0.25) is 0 Å². The van der Waals surface area contributed by atoms with E-state index in [9.17, 15) is 24.5 Å². The number of amides is 3. The van der Waals surface area contributed by atoms with Gasteiger partial charge in [-0.2, -0.15) is 0 Å². The maximum Gasteiger partial charge on any atom is 0.271 e. The fourth-order valence-electron chi connectivity index (χ4n) is 2.92. The number of fused-ring (bicyclic) bond motifs is 1. The van der Waals surface area contributed by atoms with E-state index in [0.29, 0.717) is 5.56 Å². The third-order valence-electron chi connectivity index (χ3n) is 4.34. The third-order valence-corrected chi connectivity index (χ3v) is 4.34. The molecule has 0 spiro atoms. The van der Waals surface area contributed by atoms with Crippen LogP contribution < -0.4 is 20.5 Å². The molecule has 0 saturated carbocycles. The van der Waals surface area contributed by atoms with Crippen LogP contribution in [0.15, 0.2) is 36.4 Å². The number of hydrogen-bond acceptors (Lipinski definition) is 6. The zero-order valence-corrected chi connectivity index (χ0v) is 15.7. The molecule has 3 rings (SSSR count). The van der Waals surface area contributed by atoms with Crippen molar-refractivity contribution in [3.8, 4) is 5.75 Å².